The molecule has 1 aliphatic rings. The molecule has 4 heterocycles. The third-order valence-corrected chi connectivity index (χ3v) is 5.34. The van der Waals surface area contributed by atoms with E-state index in [2.05, 4.69) is 25.1 Å². The molecule has 5 rings (SSSR count). The van der Waals surface area contributed by atoms with Crippen LogP contribution < -0.4 is 4.90 Å². The van der Waals surface area contributed by atoms with Gasteiger partial charge in [-0.15, -0.1) is 0 Å². The average molecular weight is 425 g/mol. The minimum absolute atomic E-state index is 0.130. The first-order chi connectivity index (χ1) is 14.6. The molecule has 30 heavy (non-hydrogen) atoms. The van der Waals surface area contributed by atoms with Crippen molar-refractivity contribution in [2.24, 2.45) is 0 Å². The van der Waals surface area contributed by atoms with E-state index in [4.69, 9.17) is 21.3 Å². The lowest BCUT2D eigenvalue weighted by Gasteiger charge is -2.33. The number of rotatable bonds is 3. The van der Waals surface area contributed by atoms with Crippen LogP contribution in [0.25, 0.3) is 22.3 Å². The zero-order chi connectivity index (χ0) is 20.7. The molecular formula is C21H18ClFN6O. The zero-order valence-corrected chi connectivity index (χ0v) is 16.9. The zero-order valence-electron chi connectivity index (χ0n) is 16.1. The fourth-order valence-corrected chi connectivity index (χ4v) is 3.79. The number of fused-ring (bicyclic) bond motifs is 1. The Morgan fingerprint density at radius 3 is 2.93 bits per heavy atom. The summed E-state index contributed by atoms with van der Waals surface area (Å²) in [5.74, 6) is 0.248. The number of nitrogens with zero attached hydrogens (tertiary/aromatic N) is 5. The van der Waals surface area contributed by atoms with Crippen LogP contribution in [0.4, 0.5) is 10.2 Å². The summed E-state index contributed by atoms with van der Waals surface area (Å²) in [5, 5.41) is 7.15. The molecule has 1 saturated heterocycles. The molecule has 9 heteroatoms. The minimum Gasteiger partial charge on any atom is -0.370 e. The van der Waals surface area contributed by atoms with Crippen LogP contribution in [0, 0.1) is 12.7 Å². The van der Waals surface area contributed by atoms with E-state index in [1.54, 1.807) is 24.5 Å². The van der Waals surface area contributed by atoms with E-state index in [9.17, 15) is 4.39 Å². The van der Waals surface area contributed by atoms with Gasteiger partial charge in [0.25, 0.3) is 0 Å². The number of nitrogens with one attached hydrogen (secondary N) is 1. The molecule has 1 atom stereocenters. The molecule has 0 aliphatic carbocycles. The van der Waals surface area contributed by atoms with E-state index < -0.39 is 5.82 Å². The van der Waals surface area contributed by atoms with Crippen molar-refractivity contribution in [2.45, 2.75) is 13.0 Å². The second-order valence-electron chi connectivity index (χ2n) is 7.17. The number of aryl methyl sites for hydroxylation is 1. The molecule has 0 radical (unpaired) electrons. The second kappa shape index (κ2) is 7.62. The SMILES string of the molecule is Cc1cnc2c(-c3ccc(Cl)cc3F)nc(N3CCO[C@@H](c4cn[nH]c4)C3)cc2n1. The highest BCUT2D eigenvalue weighted by atomic mass is 35.5. The Morgan fingerprint density at radius 1 is 1.23 bits per heavy atom. The standard InChI is InChI=1S/C21H18ClFN6O/c1-12-8-24-21-17(27-12)7-19(28-20(21)15-3-2-14(22)6-16(15)23)29-4-5-30-18(11-29)13-9-25-26-10-13/h2-3,6-10,18H,4-5,11H2,1H3,(H,25,26)/t18-/m1/s1. The Bertz CT molecular complexity index is 1220. The van der Waals surface area contributed by atoms with Crippen LogP contribution in [-0.4, -0.2) is 44.8 Å². The number of aromatic amines is 1. The molecule has 4 aromatic rings. The van der Waals surface area contributed by atoms with Gasteiger partial charge in [0.1, 0.15) is 28.9 Å². The molecule has 0 bridgehead atoms. The van der Waals surface area contributed by atoms with Crippen LogP contribution in [0.1, 0.15) is 17.4 Å². The molecule has 1 aliphatic heterocycles. The van der Waals surface area contributed by atoms with E-state index >= 15 is 0 Å². The first-order valence-corrected chi connectivity index (χ1v) is 9.91. The highest BCUT2D eigenvalue weighted by molar-refractivity contribution is 6.30. The molecular weight excluding hydrogens is 407 g/mol. The van der Waals surface area contributed by atoms with Crippen molar-refractivity contribution in [2.75, 3.05) is 24.6 Å². The largest absolute Gasteiger partial charge is 0.370 e. The Labute approximate surface area is 176 Å². The van der Waals surface area contributed by atoms with Crippen molar-refractivity contribution < 1.29 is 9.13 Å². The van der Waals surface area contributed by atoms with E-state index in [0.29, 0.717) is 52.8 Å². The fraction of sp³-hybridized carbons (Fsp3) is 0.238. The number of aromatic nitrogens is 5. The fourth-order valence-electron chi connectivity index (χ4n) is 3.63. The van der Waals surface area contributed by atoms with Crippen molar-refractivity contribution in [1.29, 1.82) is 0 Å². The lowest BCUT2D eigenvalue weighted by molar-refractivity contribution is 0.0395. The second-order valence-corrected chi connectivity index (χ2v) is 7.61. The molecule has 0 saturated carbocycles. The van der Waals surface area contributed by atoms with Crippen molar-refractivity contribution >= 4 is 28.5 Å². The predicted molar refractivity (Wildman–Crippen MR) is 112 cm³/mol. The lowest BCUT2D eigenvalue weighted by atomic mass is 10.1. The highest BCUT2D eigenvalue weighted by Gasteiger charge is 2.25. The summed E-state index contributed by atoms with van der Waals surface area (Å²) in [4.78, 5) is 16.0. The van der Waals surface area contributed by atoms with Gasteiger partial charge in [-0.3, -0.25) is 10.1 Å². The molecule has 0 amide bonds. The van der Waals surface area contributed by atoms with Gasteiger partial charge in [0.2, 0.25) is 0 Å². The van der Waals surface area contributed by atoms with Crippen LogP contribution in [0.5, 0.6) is 0 Å². The first-order valence-electron chi connectivity index (χ1n) is 9.53. The maximum absolute atomic E-state index is 14.7. The number of benzene rings is 1. The van der Waals surface area contributed by atoms with Gasteiger partial charge in [-0.1, -0.05) is 11.6 Å². The maximum Gasteiger partial charge on any atom is 0.134 e. The summed E-state index contributed by atoms with van der Waals surface area (Å²) in [6.45, 7) is 3.67. The van der Waals surface area contributed by atoms with Gasteiger partial charge >= 0.3 is 0 Å². The van der Waals surface area contributed by atoms with Gasteiger partial charge in [0, 0.05) is 47.7 Å². The molecule has 1 N–H and O–H groups in total. The predicted octanol–water partition coefficient (Wildman–Crippen LogP) is 4.09. The first kappa shape index (κ1) is 18.9. The van der Waals surface area contributed by atoms with Crippen molar-refractivity contribution in [1.82, 2.24) is 25.1 Å². The van der Waals surface area contributed by atoms with Gasteiger partial charge in [0.15, 0.2) is 0 Å². The number of hydrogen-bond acceptors (Lipinski definition) is 6. The van der Waals surface area contributed by atoms with Gasteiger partial charge in [-0.2, -0.15) is 5.10 Å². The van der Waals surface area contributed by atoms with Gasteiger partial charge in [-0.05, 0) is 25.1 Å². The van der Waals surface area contributed by atoms with Crippen molar-refractivity contribution in [3.8, 4) is 11.3 Å². The number of morpholine rings is 1. The Morgan fingerprint density at radius 2 is 2.13 bits per heavy atom. The number of pyridine rings is 1. The van der Waals surface area contributed by atoms with Gasteiger partial charge in [-0.25, -0.2) is 14.4 Å². The van der Waals surface area contributed by atoms with E-state index in [-0.39, 0.29) is 6.10 Å². The Hall–Kier alpha value is -3.10. The van der Waals surface area contributed by atoms with Crippen LogP contribution in [0.15, 0.2) is 42.9 Å². The van der Waals surface area contributed by atoms with Gasteiger partial charge < -0.3 is 9.64 Å². The van der Waals surface area contributed by atoms with Crippen LogP contribution in [0.3, 0.4) is 0 Å². The molecule has 1 fully saturated rings. The highest BCUT2D eigenvalue weighted by Crippen LogP contribution is 2.33. The number of anilines is 1. The summed E-state index contributed by atoms with van der Waals surface area (Å²) in [5.41, 5.74) is 3.74. The lowest BCUT2D eigenvalue weighted by Crippen LogP contribution is -2.38. The van der Waals surface area contributed by atoms with Crippen molar-refractivity contribution in [3.63, 3.8) is 0 Å². The van der Waals surface area contributed by atoms with Gasteiger partial charge in [0.05, 0.1) is 24.0 Å². The molecule has 152 valence electrons. The quantitative estimate of drug-likeness (QED) is 0.533. The normalized spacial score (nSPS) is 16.9. The van der Waals surface area contributed by atoms with E-state index in [1.807, 2.05) is 19.2 Å². The Balaban J connectivity index is 1.62. The van der Waals surface area contributed by atoms with E-state index in [1.165, 1.54) is 6.07 Å². The van der Waals surface area contributed by atoms with Crippen LogP contribution in [0.2, 0.25) is 5.02 Å². The summed E-state index contributed by atoms with van der Waals surface area (Å²) < 4.78 is 20.6. The summed E-state index contributed by atoms with van der Waals surface area (Å²) in [6, 6.07) is 6.44. The molecule has 7 nitrogen and oxygen atoms in total. The minimum atomic E-state index is -0.450. The monoisotopic (exact) mass is 424 g/mol. The van der Waals surface area contributed by atoms with E-state index in [0.717, 1.165) is 11.3 Å². The average Bonchev–Trinajstić information content (AvgIpc) is 3.28. The molecule has 3 aromatic heterocycles. The summed E-state index contributed by atoms with van der Waals surface area (Å²) in [6.07, 6.45) is 5.11. The van der Waals surface area contributed by atoms with Crippen molar-refractivity contribution in [3.05, 3.63) is 65.0 Å². The number of halogens is 2. The topological polar surface area (TPSA) is 79.8 Å². The maximum atomic E-state index is 14.7. The third kappa shape index (κ3) is 3.48. The summed E-state index contributed by atoms with van der Waals surface area (Å²) >= 11 is 5.94. The third-order valence-electron chi connectivity index (χ3n) is 5.10. The number of ether oxygens (including phenoxy) is 1. The van der Waals surface area contributed by atoms with Crippen LogP contribution in [-0.2, 0) is 4.74 Å². The molecule has 1 aromatic carbocycles. The Kier molecular flexibility index (Phi) is 4.80. The van der Waals surface area contributed by atoms with Crippen LogP contribution >= 0.6 is 11.6 Å². The number of hydrogen-bond donors (Lipinski definition) is 1. The smallest absolute Gasteiger partial charge is 0.134 e. The molecule has 0 spiro atoms. The molecule has 0 unspecified atom stereocenters. The summed E-state index contributed by atoms with van der Waals surface area (Å²) in [7, 11) is 0. The number of H-pyrrole nitrogens is 1.